The molecular weight excluding hydrogens is 262 g/mol. The number of nitrogens with zero attached hydrogens (tertiary/aromatic N) is 1. The topological polar surface area (TPSA) is 84.5 Å². The zero-order chi connectivity index (χ0) is 13.9. The highest BCUT2D eigenvalue weighted by atomic mass is 32.2. The van der Waals surface area contributed by atoms with Crippen molar-refractivity contribution in [3.8, 4) is 0 Å². The van der Waals surface area contributed by atoms with Crippen LogP contribution >= 0.6 is 0 Å². The zero-order valence-electron chi connectivity index (χ0n) is 11.0. The lowest BCUT2D eigenvalue weighted by Gasteiger charge is -2.19. The minimum atomic E-state index is -3.59. The van der Waals surface area contributed by atoms with E-state index < -0.39 is 10.0 Å². The van der Waals surface area contributed by atoms with Crippen molar-refractivity contribution in [2.45, 2.75) is 37.5 Å². The predicted molar refractivity (Wildman–Crippen MR) is 76.2 cm³/mol. The number of hydrazone groups is 1. The van der Waals surface area contributed by atoms with Crippen molar-refractivity contribution < 1.29 is 8.42 Å². The van der Waals surface area contributed by atoms with Gasteiger partial charge in [0.15, 0.2) is 0 Å². The van der Waals surface area contributed by atoms with E-state index in [1.165, 1.54) is 18.6 Å². The van der Waals surface area contributed by atoms with Gasteiger partial charge in [0.25, 0.3) is 10.0 Å². The van der Waals surface area contributed by atoms with E-state index in [4.69, 9.17) is 5.73 Å². The van der Waals surface area contributed by atoms with Gasteiger partial charge in [0, 0.05) is 11.4 Å². The first-order valence-electron chi connectivity index (χ1n) is 6.43. The van der Waals surface area contributed by atoms with Gasteiger partial charge in [0.1, 0.15) is 0 Å². The first-order valence-corrected chi connectivity index (χ1v) is 7.91. The molecule has 0 bridgehead atoms. The highest BCUT2D eigenvalue weighted by molar-refractivity contribution is 7.89. The normalized spacial score (nSPS) is 22.4. The number of sulfonamides is 1. The van der Waals surface area contributed by atoms with E-state index >= 15 is 0 Å². The van der Waals surface area contributed by atoms with Crippen LogP contribution in [0.25, 0.3) is 0 Å². The van der Waals surface area contributed by atoms with Gasteiger partial charge < -0.3 is 5.73 Å². The Hall–Kier alpha value is -1.56. The molecule has 1 fully saturated rings. The highest BCUT2D eigenvalue weighted by Crippen LogP contribution is 2.21. The predicted octanol–water partition coefficient (Wildman–Crippen LogP) is 2.11. The molecule has 0 unspecified atom stereocenters. The minimum absolute atomic E-state index is 0.175. The molecule has 0 heterocycles. The summed E-state index contributed by atoms with van der Waals surface area (Å²) in [6, 6.07) is 6.07. The Kier molecular flexibility index (Phi) is 4.09. The van der Waals surface area contributed by atoms with Gasteiger partial charge in [-0.1, -0.05) is 13.3 Å². The number of benzene rings is 1. The monoisotopic (exact) mass is 281 g/mol. The molecule has 1 aromatic carbocycles. The Bertz CT molecular complexity index is 564. The fraction of sp³-hybridized carbons (Fsp3) is 0.462. The van der Waals surface area contributed by atoms with Gasteiger partial charge in [-0.05, 0) is 49.4 Å². The maximum Gasteiger partial charge on any atom is 0.276 e. The van der Waals surface area contributed by atoms with Gasteiger partial charge in [-0.15, -0.1) is 0 Å². The summed E-state index contributed by atoms with van der Waals surface area (Å²) >= 11 is 0. The van der Waals surface area contributed by atoms with Crippen LogP contribution in [0, 0.1) is 5.92 Å². The second-order valence-corrected chi connectivity index (χ2v) is 6.57. The fourth-order valence-electron chi connectivity index (χ4n) is 2.15. The number of nitrogens with one attached hydrogen (secondary N) is 1. The van der Waals surface area contributed by atoms with E-state index in [-0.39, 0.29) is 4.90 Å². The highest BCUT2D eigenvalue weighted by Gasteiger charge is 2.18. The molecule has 6 heteroatoms. The van der Waals surface area contributed by atoms with Crippen LogP contribution in [0.1, 0.15) is 32.6 Å². The molecule has 19 heavy (non-hydrogen) atoms. The average Bonchev–Trinajstić information content (AvgIpc) is 2.38. The number of hydrogen-bond acceptors (Lipinski definition) is 4. The maximum atomic E-state index is 12.0. The third-order valence-electron chi connectivity index (χ3n) is 3.39. The van der Waals surface area contributed by atoms with Crippen LogP contribution in [0.4, 0.5) is 5.69 Å². The molecule has 0 saturated heterocycles. The molecule has 0 spiro atoms. The molecule has 1 aromatic rings. The summed E-state index contributed by atoms with van der Waals surface area (Å²) < 4.78 is 24.1. The molecule has 0 aliphatic heterocycles. The Morgan fingerprint density at radius 1 is 1.26 bits per heavy atom. The number of hydrogen-bond donors (Lipinski definition) is 2. The van der Waals surface area contributed by atoms with Gasteiger partial charge >= 0.3 is 0 Å². The largest absolute Gasteiger partial charge is 0.399 e. The fourth-order valence-corrected chi connectivity index (χ4v) is 2.99. The van der Waals surface area contributed by atoms with E-state index in [1.807, 2.05) is 0 Å². The third kappa shape index (κ3) is 3.47. The van der Waals surface area contributed by atoms with Crippen molar-refractivity contribution in [2.24, 2.45) is 11.0 Å². The van der Waals surface area contributed by atoms with Crippen LogP contribution in [0.3, 0.4) is 0 Å². The number of nitrogens with two attached hydrogens (primary N) is 1. The van der Waals surface area contributed by atoms with Crippen molar-refractivity contribution in [1.82, 2.24) is 4.83 Å². The van der Waals surface area contributed by atoms with Gasteiger partial charge in [-0.25, -0.2) is 4.83 Å². The second kappa shape index (κ2) is 5.61. The summed E-state index contributed by atoms with van der Waals surface area (Å²) in [7, 11) is -3.59. The second-order valence-electron chi connectivity index (χ2n) is 4.91. The Labute approximate surface area is 113 Å². The Morgan fingerprint density at radius 2 is 1.95 bits per heavy atom. The molecule has 1 atom stereocenters. The van der Waals surface area contributed by atoms with Gasteiger partial charge in [-0.3, -0.25) is 0 Å². The van der Waals surface area contributed by atoms with E-state index in [2.05, 4.69) is 16.9 Å². The quantitative estimate of drug-likeness (QED) is 0.657. The summed E-state index contributed by atoms with van der Waals surface area (Å²) in [4.78, 5) is 2.49. The van der Waals surface area contributed by atoms with Crippen molar-refractivity contribution in [3.05, 3.63) is 24.3 Å². The Morgan fingerprint density at radius 3 is 2.58 bits per heavy atom. The first kappa shape index (κ1) is 13.9. The van der Waals surface area contributed by atoms with Crippen LogP contribution < -0.4 is 10.6 Å². The van der Waals surface area contributed by atoms with E-state index in [9.17, 15) is 8.42 Å². The van der Waals surface area contributed by atoms with Crippen LogP contribution in [0.5, 0.6) is 0 Å². The minimum Gasteiger partial charge on any atom is -0.399 e. The molecule has 1 aliphatic carbocycles. The van der Waals surface area contributed by atoms with Gasteiger partial charge in [0.05, 0.1) is 4.90 Å². The summed E-state index contributed by atoms with van der Waals surface area (Å²) in [6.45, 7) is 2.08. The molecule has 104 valence electrons. The van der Waals surface area contributed by atoms with Crippen LogP contribution in [-0.2, 0) is 10.0 Å². The van der Waals surface area contributed by atoms with Crippen molar-refractivity contribution in [1.29, 1.82) is 0 Å². The summed E-state index contributed by atoms with van der Waals surface area (Å²) in [6.07, 6.45) is 4.20. The summed E-state index contributed by atoms with van der Waals surface area (Å²) in [5.41, 5.74) is 7.01. The van der Waals surface area contributed by atoms with E-state index in [1.54, 1.807) is 12.1 Å². The van der Waals surface area contributed by atoms with Gasteiger partial charge in [0.2, 0.25) is 0 Å². The summed E-state index contributed by atoms with van der Waals surface area (Å²) in [5.74, 6) is 0.350. The Balaban J connectivity index is 2.13. The molecule has 1 aliphatic rings. The first-order chi connectivity index (χ1) is 8.99. The third-order valence-corrected chi connectivity index (χ3v) is 4.61. The lowest BCUT2D eigenvalue weighted by atomic mass is 9.89. The lowest BCUT2D eigenvalue weighted by Crippen LogP contribution is -2.24. The molecule has 5 nitrogen and oxygen atoms in total. The molecule has 0 radical (unpaired) electrons. The van der Waals surface area contributed by atoms with E-state index in [0.717, 1.165) is 25.0 Å². The zero-order valence-corrected chi connectivity index (χ0v) is 11.8. The molecule has 1 saturated carbocycles. The summed E-state index contributed by atoms with van der Waals surface area (Å²) in [5, 5.41) is 4.08. The average molecular weight is 281 g/mol. The van der Waals surface area contributed by atoms with E-state index in [0.29, 0.717) is 11.6 Å². The molecular formula is C13H19N3O2S. The van der Waals surface area contributed by atoms with Crippen molar-refractivity contribution in [3.63, 3.8) is 0 Å². The van der Waals surface area contributed by atoms with Gasteiger partial charge in [-0.2, -0.15) is 13.5 Å². The van der Waals surface area contributed by atoms with Crippen LogP contribution in [0.15, 0.2) is 34.3 Å². The maximum absolute atomic E-state index is 12.0. The van der Waals surface area contributed by atoms with Crippen molar-refractivity contribution in [2.75, 3.05) is 5.73 Å². The van der Waals surface area contributed by atoms with Crippen LogP contribution in [0.2, 0.25) is 0 Å². The number of nitrogen functional groups attached to an aromatic ring is 1. The van der Waals surface area contributed by atoms with Crippen LogP contribution in [-0.4, -0.2) is 14.1 Å². The molecule has 2 rings (SSSR count). The lowest BCUT2D eigenvalue weighted by molar-refractivity contribution is 0.552. The number of anilines is 1. The molecule has 0 aromatic heterocycles. The SMILES string of the molecule is C[C@@H]1CCCC/C1=N\NS(=O)(=O)c1ccc(N)cc1. The molecule has 0 amide bonds. The smallest absolute Gasteiger partial charge is 0.276 e. The number of rotatable bonds is 3. The molecule has 3 N–H and O–H groups in total. The van der Waals surface area contributed by atoms with Crippen molar-refractivity contribution >= 4 is 21.4 Å². The standard InChI is InChI=1S/C13H19N3O2S/c1-10-4-2-3-5-13(10)15-16-19(17,18)12-8-6-11(14)7-9-12/h6-10,16H,2-5,14H2,1H3/b15-13+/t10-/m1/s1.